The smallest absolute Gasteiger partial charge is 0.294 e. The number of nitrogens with zero attached hydrogens (tertiary/aromatic N) is 1. The Labute approximate surface area is 133 Å². The summed E-state index contributed by atoms with van der Waals surface area (Å²) < 4.78 is 0. The first kappa shape index (κ1) is 16.0. The van der Waals surface area contributed by atoms with E-state index in [1.54, 1.807) is 0 Å². The Morgan fingerprint density at radius 3 is 1.86 bits per heavy atom. The highest BCUT2D eigenvalue weighted by Gasteiger charge is 2.66. The van der Waals surface area contributed by atoms with Crippen molar-refractivity contribution in [2.75, 3.05) is 13.2 Å². The van der Waals surface area contributed by atoms with Crippen molar-refractivity contribution < 1.29 is 9.92 Å². The van der Waals surface area contributed by atoms with Gasteiger partial charge < -0.3 is 10.6 Å². The van der Waals surface area contributed by atoms with E-state index in [0.717, 1.165) is 32.2 Å². The maximum atomic E-state index is 10.8. The minimum atomic E-state index is -0.606. The lowest BCUT2D eigenvalue weighted by atomic mass is 9.34. The normalized spacial score (nSPS) is 46.0. The summed E-state index contributed by atoms with van der Waals surface area (Å²) in [6.45, 7) is 5.62. The molecule has 5 nitrogen and oxygen atoms in total. The number of nitrogens with two attached hydrogens (primary N) is 1. The molecule has 0 saturated heterocycles. The predicted molar refractivity (Wildman–Crippen MR) is 84.6 cm³/mol. The van der Waals surface area contributed by atoms with Gasteiger partial charge in [-0.15, -0.1) is 10.1 Å². The van der Waals surface area contributed by atoms with Crippen molar-refractivity contribution >= 4 is 0 Å². The molecule has 0 aromatic rings. The second kappa shape index (κ2) is 5.08. The molecule has 4 aliphatic carbocycles. The monoisotopic (exact) mass is 310 g/mol. The zero-order valence-corrected chi connectivity index (χ0v) is 14.0. The topological polar surface area (TPSA) is 78.4 Å². The van der Waals surface area contributed by atoms with Crippen LogP contribution in [0, 0.1) is 31.8 Å². The van der Waals surface area contributed by atoms with E-state index >= 15 is 0 Å². The zero-order chi connectivity index (χ0) is 16.1. The van der Waals surface area contributed by atoms with E-state index in [1.807, 2.05) is 0 Å². The zero-order valence-electron chi connectivity index (χ0n) is 14.0. The van der Waals surface area contributed by atoms with Crippen LogP contribution in [0.1, 0.15) is 71.6 Å². The molecule has 5 heteroatoms. The number of rotatable bonds is 7. The molecule has 2 N–H and O–H groups in total. The van der Waals surface area contributed by atoms with Gasteiger partial charge in [0.15, 0.2) is 0 Å². The van der Waals surface area contributed by atoms with Crippen molar-refractivity contribution in [3.63, 3.8) is 0 Å². The highest BCUT2D eigenvalue weighted by Crippen LogP contribution is 2.76. The van der Waals surface area contributed by atoms with Gasteiger partial charge in [-0.25, -0.2) is 0 Å². The molecule has 22 heavy (non-hydrogen) atoms. The van der Waals surface area contributed by atoms with Crippen LogP contribution in [0.15, 0.2) is 0 Å². The van der Waals surface area contributed by atoms with Gasteiger partial charge in [0.25, 0.3) is 5.09 Å². The Hall–Kier alpha value is -0.840. The summed E-state index contributed by atoms with van der Waals surface area (Å²) in [6, 6.07) is 0. The maximum absolute atomic E-state index is 10.8. The Balaban J connectivity index is 1.97. The lowest BCUT2D eigenvalue weighted by Gasteiger charge is -2.71. The van der Waals surface area contributed by atoms with E-state index in [2.05, 4.69) is 13.8 Å². The van der Waals surface area contributed by atoms with Gasteiger partial charge in [-0.1, -0.05) is 26.7 Å². The first-order chi connectivity index (χ1) is 10.3. The van der Waals surface area contributed by atoms with Crippen molar-refractivity contribution in [1.29, 1.82) is 0 Å². The molecule has 4 bridgehead atoms. The van der Waals surface area contributed by atoms with Gasteiger partial charge in [-0.2, -0.15) is 0 Å². The predicted octanol–water partition coefficient (Wildman–Crippen LogP) is 3.69. The molecule has 0 aromatic carbocycles. The second-order valence-electron chi connectivity index (χ2n) is 8.80. The lowest BCUT2D eigenvalue weighted by Crippen LogP contribution is -2.62. The molecule has 4 rings (SSSR count). The molecule has 0 heterocycles. The molecule has 2 atom stereocenters. The molecule has 0 spiro atoms. The van der Waals surface area contributed by atoms with Crippen LogP contribution < -0.4 is 5.73 Å². The third-order valence-electron chi connectivity index (χ3n) is 7.15. The minimum Gasteiger partial charge on any atom is -0.330 e. The average molecular weight is 310 g/mol. The fourth-order valence-electron chi connectivity index (χ4n) is 7.19. The fraction of sp³-hybridized carbons (Fsp3) is 1.00. The van der Waals surface area contributed by atoms with Crippen molar-refractivity contribution in [3.8, 4) is 0 Å². The van der Waals surface area contributed by atoms with Gasteiger partial charge in [0.1, 0.15) is 6.61 Å². The molecular weight excluding hydrogens is 280 g/mol. The summed E-state index contributed by atoms with van der Waals surface area (Å²) in [5, 5.41) is 10.2. The fourth-order valence-corrected chi connectivity index (χ4v) is 7.19. The Bertz CT molecular complexity index is 445. The van der Waals surface area contributed by atoms with Gasteiger partial charge in [0.05, 0.1) is 0 Å². The molecule has 2 unspecified atom stereocenters. The van der Waals surface area contributed by atoms with Gasteiger partial charge >= 0.3 is 0 Å². The molecule has 0 radical (unpaired) electrons. The van der Waals surface area contributed by atoms with Gasteiger partial charge in [0.2, 0.25) is 0 Å². The van der Waals surface area contributed by atoms with Crippen molar-refractivity contribution in [2.24, 2.45) is 27.4 Å². The van der Waals surface area contributed by atoms with E-state index in [4.69, 9.17) is 10.6 Å². The highest BCUT2D eigenvalue weighted by atomic mass is 16.9. The molecule has 0 aromatic heterocycles. The van der Waals surface area contributed by atoms with Crippen molar-refractivity contribution in [1.82, 2.24) is 0 Å². The summed E-state index contributed by atoms with van der Waals surface area (Å²) in [5.74, 6) is 0. The third-order valence-corrected chi connectivity index (χ3v) is 7.15. The maximum Gasteiger partial charge on any atom is 0.294 e. The van der Waals surface area contributed by atoms with Gasteiger partial charge in [-0.05, 0) is 73.2 Å². The molecular formula is C17H30N2O3. The molecule has 126 valence electrons. The molecule has 0 aliphatic heterocycles. The summed E-state index contributed by atoms with van der Waals surface area (Å²) in [5.41, 5.74) is 6.97. The standard InChI is InChI=1S/C17H30N2O3/c1-3-14-7-15(4-2)9-16(8-14,5-6-18)12-17(10-14,11-15)13-22-19(20)21/h3-13,18H2,1-2H3. The summed E-state index contributed by atoms with van der Waals surface area (Å²) in [7, 11) is 0. The van der Waals surface area contributed by atoms with Crippen LogP contribution in [0.4, 0.5) is 0 Å². The van der Waals surface area contributed by atoms with Crippen LogP contribution in [-0.2, 0) is 4.84 Å². The minimum absolute atomic E-state index is 0.00299. The summed E-state index contributed by atoms with van der Waals surface area (Å²) in [6.07, 6.45) is 10.6. The van der Waals surface area contributed by atoms with Crippen LogP contribution in [0.2, 0.25) is 0 Å². The number of hydrogen-bond donors (Lipinski definition) is 1. The first-order valence-corrected chi connectivity index (χ1v) is 8.82. The van der Waals surface area contributed by atoms with E-state index in [0.29, 0.717) is 16.2 Å². The quantitative estimate of drug-likeness (QED) is 0.574. The van der Waals surface area contributed by atoms with E-state index in [-0.39, 0.29) is 12.0 Å². The average Bonchev–Trinajstić information content (AvgIpc) is 2.44. The van der Waals surface area contributed by atoms with Crippen LogP contribution in [0.5, 0.6) is 0 Å². The third kappa shape index (κ3) is 2.41. The first-order valence-electron chi connectivity index (χ1n) is 8.82. The molecule has 4 saturated carbocycles. The Morgan fingerprint density at radius 2 is 1.41 bits per heavy atom. The molecule has 4 fully saturated rings. The van der Waals surface area contributed by atoms with Gasteiger partial charge in [-0.3, -0.25) is 0 Å². The van der Waals surface area contributed by atoms with Crippen molar-refractivity contribution in [3.05, 3.63) is 10.1 Å². The number of hydrogen-bond acceptors (Lipinski definition) is 4. The van der Waals surface area contributed by atoms with E-state index in [9.17, 15) is 10.1 Å². The van der Waals surface area contributed by atoms with E-state index in [1.165, 1.54) is 32.1 Å². The van der Waals surface area contributed by atoms with Crippen LogP contribution in [0.25, 0.3) is 0 Å². The summed E-state index contributed by atoms with van der Waals surface area (Å²) >= 11 is 0. The second-order valence-corrected chi connectivity index (χ2v) is 8.80. The van der Waals surface area contributed by atoms with Gasteiger partial charge in [0, 0.05) is 0 Å². The van der Waals surface area contributed by atoms with Crippen LogP contribution in [-0.4, -0.2) is 18.2 Å². The SMILES string of the molecule is CCC12CC3(CC)CC(CCN)(C1)CC(CO[N+](=O)[O-])(C2)C3. The van der Waals surface area contributed by atoms with Crippen molar-refractivity contribution in [2.45, 2.75) is 71.6 Å². The van der Waals surface area contributed by atoms with E-state index < -0.39 is 5.09 Å². The summed E-state index contributed by atoms with van der Waals surface area (Å²) in [4.78, 5) is 15.7. The largest absolute Gasteiger partial charge is 0.330 e. The van der Waals surface area contributed by atoms with Crippen LogP contribution in [0.3, 0.4) is 0 Å². The Morgan fingerprint density at radius 1 is 0.955 bits per heavy atom. The molecule has 4 aliphatic rings. The highest BCUT2D eigenvalue weighted by molar-refractivity contribution is 5.16. The lowest BCUT2D eigenvalue weighted by molar-refractivity contribution is -0.761. The Kier molecular flexibility index (Phi) is 3.70. The molecule has 0 amide bonds. The van der Waals surface area contributed by atoms with Crippen LogP contribution >= 0.6 is 0 Å².